The summed E-state index contributed by atoms with van der Waals surface area (Å²) in [6, 6.07) is 3.50. The van der Waals surface area contributed by atoms with Gasteiger partial charge < -0.3 is 10.6 Å². The van der Waals surface area contributed by atoms with Gasteiger partial charge in [0.25, 0.3) is 0 Å². The highest BCUT2D eigenvalue weighted by Gasteiger charge is 2.21. The van der Waals surface area contributed by atoms with E-state index in [0.29, 0.717) is 16.2 Å². The number of anilines is 1. The molecule has 2 fully saturated rings. The van der Waals surface area contributed by atoms with E-state index in [1.54, 1.807) is 12.3 Å². The fourth-order valence-corrected chi connectivity index (χ4v) is 4.13. The molecule has 0 atom stereocenters. The maximum Gasteiger partial charge on any atom is 0.138 e. The van der Waals surface area contributed by atoms with Crippen LogP contribution in [0.5, 0.6) is 0 Å². The lowest BCUT2D eigenvalue weighted by Gasteiger charge is -2.21. The molecule has 1 aromatic carbocycles. The molecule has 4 nitrogen and oxygen atoms in total. The summed E-state index contributed by atoms with van der Waals surface area (Å²) in [4.78, 5) is 8.95. The average Bonchev–Trinajstić information content (AvgIpc) is 3.43. The second kappa shape index (κ2) is 7.23. The molecule has 2 heterocycles. The number of thioether (sulfide) groups is 1. The quantitative estimate of drug-likeness (QED) is 0.837. The van der Waals surface area contributed by atoms with Gasteiger partial charge >= 0.3 is 0 Å². The zero-order chi connectivity index (χ0) is 16.4. The third-order valence-corrected chi connectivity index (χ3v) is 6.09. The van der Waals surface area contributed by atoms with E-state index in [0.717, 1.165) is 42.8 Å². The van der Waals surface area contributed by atoms with Crippen molar-refractivity contribution in [2.45, 2.75) is 36.7 Å². The minimum absolute atomic E-state index is 0.247. The smallest absolute Gasteiger partial charge is 0.138 e. The van der Waals surface area contributed by atoms with Gasteiger partial charge in [-0.2, -0.15) is 11.8 Å². The van der Waals surface area contributed by atoms with Gasteiger partial charge in [-0.25, -0.2) is 14.4 Å². The standard InChI is InChI=1S/C18H23FN4S/c19-16-7-13(21-9-12-1-2-12)8-17-15(16)10-22-18(23-17)11-24-14-3-5-20-6-4-14/h7-8,10,12,14,20-21H,1-6,9,11H2. The van der Waals surface area contributed by atoms with E-state index in [1.165, 1.54) is 25.7 Å². The highest BCUT2D eigenvalue weighted by atomic mass is 32.2. The van der Waals surface area contributed by atoms with Crippen molar-refractivity contribution in [3.8, 4) is 0 Å². The third-order valence-electron chi connectivity index (χ3n) is 4.73. The number of fused-ring (bicyclic) bond motifs is 1. The Balaban J connectivity index is 1.47. The third kappa shape index (κ3) is 3.98. The molecule has 0 amide bonds. The van der Waals surface area contributed by atoms with Gasteiger partial charge in [0, 0.05) is 23.7 Å². The largest absolute Gasteiger partial charge is 0.385 e. The molecule has 6 heteroatoms. The minimum Gasteiger partial charge on any atom is -0.385 e. The Hall–Kier alpha value is -1.40. The number of benzene rings is 1. The van der Waals surface area contributed by atoms with Crippen LogP contribution in [0.25, 0.3) is 10.9 Å². The van der Waals surface area contributed by atoms with Crippen molar-refractivity contribution >= 4 is 28.4 Å². The normalized spacial score (nSPS) is 18.9. The van der Waals surface area contributed by atoms with Crippen molar-refractivity contribution in [3.63, 3.8) is 0 Å². The van der Waals surface area contributed by atoms with Gasteiger partial charge in [0.15, 0.2) is 0 Å². The Labute approximate surface area is 146 Å². The second-order valence-corrected chi connectivity index (χ2v) is 8.05. The van der Waals surface area contributed by atoms with E-state index in [1.807, 2.05) is 17.8 Å². The first-order valence-corrected chi connectivity index (χ1v) is 9.84. The Kier molecular flexibility index (Phi) is 4.85. The number of hydrogen-bond donors (Lipinski definition) is 2. The summed E-state index contributed by atoms with van der Waals surface area (Å²) in [5.41, 5.74) is 1.52. The Bertz CT molecular complexity index is 713. The van der Waals surface area contributed by atoms with Crippen LogP contribution in [-0.2, 0) is 5.75 Å². The molecule has 0 bridgehead atoms. The van der Waals surface area contributed by atoms with E-state index in [4.69, 9.17) is 0 Å². The predicted octanol–water partition coefficient (Wildman–Crippen LogP) is 3.58. The first kappa shape index (κ1) is 16.1. The average molecular weight is 346 g/mol. The lowest BCUT2D eigenvalue weighted by atomic mass is 10.2. The number of aromatic nitrogens is 2. The van der Waals surface area contributed by atoms with Crippen LogP contribution in [0, 0.1) is 11.7 Å². The van der Waals surface area contributed by atoms with E-state index in [2.05, 4.69) is 20.6 Å². The molecule has 1 aromatic heterocycles. The van der Waals surface area contributed by atoms with Crippen LogP contribution in [-0.4, -0.2) is 34.9 Å². The Morgan fingerprint density at radius 2 is 2.04 bits per heavy atom. The van der Waals surface area contributed by atoms with E-state index >= 15 is 0 Å². The fraction of sp³-hybridized carbons (Fsp3) is 0.556. The maximum atomic E-state index is 14.3. The van der Waals surface area contributed by atoms with Gasteiger partial charge in [-0.15, -0.1) is 0 Å². The zero-order valence-corrected chi connectivity index (χ0v) is 14.5. The van der Waals surface area contributed by atoms with E-state index in [9.17, 15) is 4.39 Å². The van der Waals surface area contributed by atoms with Gasteiger partial charge in [-0.3, -0.25) is 0 Å². The van der Waals surface area contributed by atoms with Crippen LogP contribution in [0.1, 0.15) is 31.5 Å². The van der Waals surface area contributed by atoms with Crippen molar-refractivity contribution in [2.24, 2.45) is 5.92 Å². The first-order valence-electron chi connectivity index (χ1n) is 8.79. The molecule has 1 aliphatic carbocycles. The highest BCUT2D eigenvalue weighted by molar-refractivity contribution is 7.99. The van der Waals surface area contributed by atoms with Crippen molar-refractivity contribution in [1.82, 2.24) is 15.3 Å². The summed E-state index contributed by atoms with van der Waals surface area (Å²) in [6.07, 6.45) is 6.58. The lowest BCUT2D eigenvalue weighted by molar-refractivity contribution is 0.531. The van der Waals surface area contributed by atoms with Crippen LogP contribution >= 0.6 is 11.8 Å². The summed E-state index contributed by atoms with van der Waals surface area (Å²) >= 11 is 1.92. The highest BCUT2D eigenvalue weighted by Crippen LogP contribution is 2.30. The lowest BCUT2D eigenvalue weighted by Crippen LogP contribution is -2.29. The van der Waals surface area contributed by atoms with E-state index in [-0.39, 0.29) is 5.82 Å². The van der Waals surface area contributed by atoms with Crippen LogP contribution in [0.4, 0.5) is 10.1 Å². The fourth-order valence-electron chi connectivity index (χ4n) is 3.04. The van der Waals surface area contributed by atoms with Gasteiger partial charge in [-0.05, 0) is 56.8 Å². The molecular formula is C18H23FN4S. The molecule has 0 unspecified atom stereocenters. The maximum absolute atomic E-state index is 14.3. The number of halogens is 1. The van der Waals surface area contributed by atoms with Crippen molar-refractivity contribution in [2.75, 3.05) is 25.0 Å². The number of rotatable bonds is 6. The minimum atomic E-state index is -0.247. The topological polar surface area (TPSA) is 49.8 Å². The summed E-state index contributed by atoms with van der Waals surface area (Å²) in [6.45, 7) is 3.11. The Morgan fingerprint density at radius 1 is 1.21 bits per heavy atom. The molecule has 128 valence electrons. The number of nitrogens with zero attached hydrogens (tertiary/aromatic N) is 2. The van der Waals surface area contributed by atoms with Gasteiger partial charge in [0.1, 0.15) is 11.6 Å². The van der Waals surface area contributed by atoms with Crippen LogP contribution in [0.3, 0.4) is 0 Å². The van der Waals surface area contributed by atoms with Gasteiger partial charge in [0.05, 0.1) is 16.7 Å². The molecule has 2 N–H and O–H groups in total. The molecule has 4 rings (SSSR count). The second-order valence-electron chi connectivity index (χ2n) is 6.76. The molecule has 1 aliphatic heterocycles. The first-order chi connectivity index (χ1) is 11.8. The molecule has 24 heavy (non-hydrogen) atoms. The van der Waals surface area contributed by atoms with E-state index < -0.39 is 0 Å². The van der Waals surface area contributed by atoms with Gasteiger partial charge in [0.2, 0.25) is 0 Å². The zero-order valence-electron chi connectivity index (χ0n) is 13.7. The molecule has 2 aromatic rings. The number of hydrogen-bond acceptors (Lipinski definition) is 5. The van der Waals surface area contributed by atoms with Crippen molar-refractivity contribution in [3.05, 3.63) is 30.0 Å². The molecular weight excluding hydrogens is 323 g/mol. The van der Waals surface area contributed by atoms with Gasteiger partial charge in [-0.1, -0.05) is 0 Å². The Morgan fingerprint density at radius 3 is 2.83 bits per heavy atom. The summed E-state index contributed by atoms with van der Waals surface area (Å²) in [7, 11) is 0. The number of nitrogens with one attached hydrogen (secondary N) is 2. The summed E-state index contributed by atoms with van der Waals surface area (Å²) < 4.78 is 14.3. The summed E-state index contributed by atoms with van der Waals surface area (Å²) in [5.74, 6) is 2.10. The summed E-state index contributed by atoms with van der Waals surface area (Å²) in [5, 5.41) is 7.89. The molecule has 1 saturated heterocycles. The molecule has 0 radical (unpaired) electrons. The molecule has 1 saturated carbocycles. The van der Waals surface area contributed by atoms with Crippen molar-refractivity contribution in [1.29, 1.82) is 0 Å². The van der Waals surface area contributed by atoms with Crippen LogP contribution in [0.2, 0.25) is 0 Å². The molecule has 2 aliphatic rings. The monoisotopic (exact) mass is 346 g/mol. The van der Waals surface area contributed by atoms with Crippen molar-refractivity contribution < 1.29 is 4.39 Å². The van der Waals surface area contributed by atoms with Crippen LogP contribution < -0.4 is 10.6 Å². The molecule has 0 spiro atoms. The predicted molar refractivity (Wildman–Crippen MR) is 97.9 cm³/mol. The van der Waals surface area contributed by atoms with Crippen LogP contribution in [0.15, 0.2) is 18.3 Å². The number of piperidine rings is 1. The SMILES string of the molecule is Fc1cc(NCC2CC2)cc2nc(CSC3CCNCC3)ncc12.